The molecule has 0 bridgehead atoms. The molecule has 0 saturated heterocycles. The van der Waals surface area contributed by atoms with E-state index in [1.807, 2.05) is 0 Å². The second-order valence-electron chi connectivity index (χ2n) is 3.98. The van der Waals surface area contributed by atoms with Crippen LogP contribution in [-0.2, 0) is 14.8 Å². The van der Waals surface area contributed by atoms with Crippen molar-refractivity contribution >= 4 is 37.6 Å². The molecule has 7 heteroatoms. The topological polar surface area (TPSA) is 83.5 Å². The summed E-state index contributed by atoms with van der Waals surface area (Å²) in [5.74, 6) is -1.57. The van der Waals surface area contributed by atoms with Crippen molar-refractivity contribution in [1.29, 1.82) is 0 Å². The zero-order valence-electron chi connectivity index (χ0n) is 10.0. The maximum absolute atomic E-state index is 11.7. The SMILES string of the molecule is Cc1cc(Br)cc(C)c1NS(=O)(=O)CCC(=O)O. The van der Waals surface area contributed by atoms with Crippen molar-refractivity contribution in [1.82, 2.24) is 0 Å². The summed E-state index contributed by atoms with van der Waals surface area (Å²) in [4.78, 5) is 10.4. The molecule has 0 spiro atoms. The van der Waals surface area contributed by atoms with Gasteiger partial charge in [-0.1, -0.05) is 15.9 Å². The maximum Gasteiger partial charge on any atom is 0.304 e. The Morgan fingerprint density at radius 1 is 1.33 bits per heavy atom. The summed E-state index contributed by atoms with van der Waals surface area (Å²) in [6, 6.07) is 3.59. The minimum absolute atomic E-state index is 0.413. The highest BCUT2D eigenvalue weighted by atomic mass is 79.9. The molecule has 0 aromatic heterocycles. The number of halogens is 1. The van der Waals surface area contributed by atoms with Crippen molar-refractivity contribution in [3.63, 3.8) is 0 Å². The number of nitrogens with one attached hydrogen (secondary N) is 1. The van der Waals surface area contributed by atoms with E-state index in [1.165, 1.54) is 0 Å². The number of anilines is 1. The maximum atomic E-state index is 11.7. The quantitative estimate of drug-likeness (QED) is 0.864. The van der Waals surface area contributed by atoms with Gasteiger partial charge in [0.15, 0.2) is 0 Å². The lowest BCUT2D eigenvalue weighted by Gasteiger charge is -2.13. The van der Waals surface area contributed by atoms with E-state index < -0.39 is 28.2 Å². The monoisotopic (exact) mass is 335 g/mol. The van der Waals surface area contributed by atoms with Crippen LogP contribution < -0.4 is 4.72 Å². The van der Waals surface area contributed by atoms with Gasteiger partial charge in [0.1, 0.15) is 0 Å². The zero-order chi connectivity index (χ0) is 13.9. The van der Waals surface area contributed by atoms with E-state index in [-0.39, 0.29) is 0 Å². The second-order valence-corrected chi connectivity index (χ2v) is 6.74. The molecule has 2 N–H and O–H groups in total. The van der Waals surface area contributed by atoms with Gasteiger partial charge in [-0.05, 0) is 37.1 Å². The molecule has 1 aromatic carbocycles. The fourth-order valence-electron chi connectivity index (χ4n) is 1.50. The molecule has 18 heavy (non-hydrogen) atoms. The molecule has 0 fully saturated rings. The zero-order valence-corrected chi connectivity index (χ0v) is 12.4. The Kier molecular flexibility index (Phi) is 4.75. The summed E-state index contributed by atoms with van der Waals surface area (Å²) in [5.41, 5.74) is 2.06. The van der Waals surface area contributed by atoms with Crippen LogP contribution in [0.1, 0.15) is 17.5 Å². The number of sulfonamides is 1. The molecule has 1 rings (SSSR count). The number of aliphatic carboxylic acids is 1. The molecule has 5 nitrogen and oxygen atoms in total. The highest BCUT2D eigenvalue weighted by Gasteiger charge is 2.15. The van der Waals surface area contributed by atoms with Crippen LogP contribution in [0.4, 0.5) is 5.69 Å². The number of carboxylic acid groups (broad SMARTS) is 1. The van der Waals surface area contributed by atoms with E-state index in [4.69, 9.17) is 5.11 Å². The molecular weight excluding hydrogens is 322 g/mol. The van der Waals surface area contributed by atoms with Crippen LogP contribution in [0.15, 0.2) is 16.6 Å². The molecule has 1 aromatic rings. The number of hydrogen-bond donors (Lipinski definition) is 2. The predicted molar refractivity (Wildman–Crippen MR) is 73.3 cm³/mol. The molecular formula is C11H14BrNO4S. The van der Waals surface area contributed by atoms with Gasteiger partial charge >= 0.3 is 5.97 Å². The van der Waals surface area contributed by atoms with Crippen LogP contribution in [0.2, 0.25) is 0 Å². The molecule has 100 valence electrons. The summed E-state index contributed by atoms with van der Waals surface area (Å²) in [6.07, 6.45) is -0.413. The van der Waals surface area contributed by atoms with Crippen molar-refractivity contribution < 1.29 is 18.3 Å². The number of hydrogen-bond acceptors (Lipinski definition) is 3. The number of benzene rings is 1. The first-order chi connectivity index (χ1) is 8.21. The Balaban J connectivity index is 2.94. The largest absolute Gasteiger partial charge is 0.481 e. The van der Waals surface area contributed by atoms with E-state index in [1.54, 1.807) is 26.0 Å². The number of carboxylic acids is 1. The Bertz CT molecular complexity index is 545. The van der Waals surface area contributed by atoms with Gasteiger partial charge in [-0.2, -0.15) is 0 Å². The average molecular weight is 336 g/mol. The van der Waals surface area contributed by atoms with Crippen LogP contribution in [0.25, 0.3) is 0 Å². The number of aryl methyl sites for hydroxylation is 2. The smallest absolute Gasteiger partial charge is 0.304 e. The van der Waals surface area contributed by atoms with Gasteiger partial charge < -0.3 is 5.11 Å². The molecule has 0 saturated carbocycles. The number of carbonyl (C=O) groups is 1. The third-order valence-electron chi connectivity index (χ3n) is 2.34. The van der Waals surface area contributed by atoms with E-state index >= 15 is 0 Å². The predicted octanol–water partition coefficient (Wildman–Crippen LogP) is 2.28. The molecule has 0 aliphatic heterocycles. The molecule has 0 unspecified atom stereocenters. The molecule has 0 radical (unpaired) electrons. The van der Waals surface area contributed by atoms with Gasteiger partial charge in [-0.25, -0.2) is 8.42 Å². The van der Waals surface area contributed by atoms with Crippen molar-refractivity contribution in [2.75, 3.05) is 10.5 Å². The first-order valence-electron chi connectivity index (χ1n) is 5.20. The van der Waals surface area contributed by atoms with E-state index in [0.717, 1.165) is 15.6 Å². The van der Waals surface area contributed by atoms with Crippen LogP contribution >= 0.6 is 15.9 Å². The van der Waals surface area contributed by atoms with Crippen LogP contribution in [0, 0.1) is 13.8 Å². The second kappa shape index (κ2) is 5.71. The summed E-state index contributed by atoms with van der Waals surface area (Å²) in [5, 5.41) is 8.49. The lowest BCUT2D eigenvalue weighted by atomic mass is 10.1. The lowest BCUT2D eigenvalue weighted by molar-refractivity contribution is -0.136. The summed E-state index contributed by atoms with van der Waals surface area (Å²) >= 11 is 3.32. The van der Waals surface area contributed by atoms with Crippen molar-refractivity contribution in [2.45, 2.75) is 20.3 Å². The van der Waals surface area contributed by atoms with Crippen molar-refractivity contribution in [3.05, 3.63) is 27.7 Å². The highest BCUT2D eigenvalue weighted by molar-refractivity contribution is 9.10. The number of rotatable bonds is 5. The van der Waals surface area contributed by atoms with Crippen LogP contribution in [-0.4, -0.2) is 25.2 Å². The van der Waals surface area contributed by atoms with Crippen LogP contribution in [0.5, 0.6) is 0 Å². The van der Waals surface area contributed by atoms with Crippen molar-refractivity contribution in [3.8, 4) is 0 Å². The molecule has 0 heterocycles. The van der Waals surface area contributed by atoms with Gasteiger partial charge in [0.05, 0.1) is 17.9 Å². The van der Waals surface area contributed by atoms with E-state index in [9.17, 15) is 13.2 Å². The normalized spacial score (nSPS) is 11.3. The Morgan fingerprint density at radius 3 is 2.28 bits per heavy atom. The minimum Gasteiger partial charge on any atom is -0.481 e. The van der Waals surface area contributed by atoms with Crippen LogP contribution in [0.3, 0.4) is 0 Å². The molecule has 0 aliphatic rings. The van der Waals surface area contributed by atoms with Gasteiger partial charge in [-0.3, -0.25) is 9.52 Å². The van der Waals surface area contributed by atoms with E-state index in [0.29, 0.717) is 5.69 Å². The molecule has 0 atom stereocenters. The van der Waals surface area contributed by atoms with Gasteiger partial charge in [0.25, 0.3) is 0 Å². The first-order valence-corrected chi connectivity index (χ1v) is 7.65. The summed E-state index contributed by atoms with van der Waals surface area (Å²) in [6.45, 7) is 3.57. The molecule has 0 amide bonds. The van der Waals surface area contributed by atoms with Crippen molar-refractivity contribution in [2.24, 2.45) is 0 Å². The lowest BCUT2D eigenvalue weighted by Crippen LogP contribution is -2.20. The van der Waals surface area contributed by atoms with Gasteiger partial charge in [-0.15, -0.1) is 0 Å². The fraction of sp³-hybridized carbons (Fsp3) is 0.364. The Hall–Kier alpha value is -1.08. The van der Waals surface area contributed by atoms with Gasteiger partial charge in [0, 0.05) is 4.47 Å². The average Bonchev–Trinajstić information content (AvgIpc) is 2.21. The Labute approximate surface area is 114 Å². The molecule has 0 aliphatic carbocycles. The third-order valence-corrected chi connectivity index (χ3v) is 4.05. The minimum atomic E-state index is -3.63. The third kappa shape index (κ3) is 4.30. The summed E-state index contributed by atoms with van der Waals surface area (Å²) in [7, 11) is -3.63. The first kappa shape index (κ1) is 15.0. The Morgan fingerprint density at radius 2 is 1.83 bits per heavy atom. The fourth-order valence-corrected chi connectivity index (χ4v) is 3.37. The standard InChI is InChI=1S/C11H14BrNO4S/c1-7-5-9(12)6-8(2)11(7)13-18(16,17)4-3-10(14)15/h5-6,13H,3-4H2,1-2H3,(H,14,15). The summed E-state index contributed by atoms with van der Waals surface area (Å²) < 4.78 is 26.7. The highest BCUT2D eigenvalue weighted by Crippen LogP contribution is 2.26. The van der Waals surface area contributed by atoms with Gasteiger partial charge in [0.2, 0.25) is 10.0 Å². The van der Waals surface area contributed by atoms with E-state index in [2.05, 4.69) is 20.7 Å².